The summed E-state index contributed by atoms with van der Waals surface area (Å²) in [6, 6.07) is 15.9. The van der Waals surface area contributed by atoms with E-state index in [9.17, 15) is 18.0 Å². The van der Waals surface area contributed by atoms with Crippen LogP contribution in [0, 0.1) is 20.8 Å². The van der Waals surface area contributed by atoms with Gasteiger partial charge in [0, 0.05) is 28.2 Å². The Kier molecular flexibility index (Phi) is 10.2. The molecule has 0 bridgehead atoms. The van der Waals surface area contributed by atoms with E-state index in [0.717, 1.165) is 46.7 Å². The van der Waals surface area contributed by atoms with Gasteiger partial charge in [-0.25, -0.2) is 8.42 Å². The summed E-state index contributed by atoms with van der Waals surface area (Å²) in [5, 5.41) is 3.76. The van der Waals surface area contributed by atoms with Crippen LogP contribution in [-0.2, 0) is 26.2 Å². The molecule has 0 aromatic heterocycles. The van der Waals surface area contributed by atoms with Crippen molar-refractivity contribution in [2.75, 3.05) is 10.8 Å². The van der Waals surface area contributed by atoms with Gasteiger partial charge in [-0.15, -0.1) is 0 Å². The largest absolute Gasteiger partial charge is 0.352 e. The number of benzene rings is 3. The molecule has 0 spiro atoms. The van der Waals surface area contributed by atoms with Gasteiger partial charge in [0.15, 0.2) is 0 Å². The average Bonchev–Trinajstić information content (AvgIpc) is 3.46. The molecule has 0 unspecified atom stereocenters. The standard InChI is InChI=1S/C32H37Cl2N3O4S/c1-21-12-16-27(17-13-21)42(40,41)37(26-15-14-22(2)23(3)18-26)20-31(38)36(19-28-29(33)10-7-11-30(28)34)24(4)32(39)35-25-8-5-6-9-25/h7,10-18,24-25H,5-6,8-9,19-20H2,1-4H3,(H,35,39)/t24-/m0/s1. The number of nitrogens with zero attached hydrogens (tertiary/aromatic N) is 2. The van der Waals surface area contributed by atoms with Crippen molar-refractivity contribution in [1.82, 2.24) is 10.2 Å². The Balaban J connectivity index is 1.73. The lowest BCUT2D eigenvalue weighted by Crippen LogP contribution is -2.52. The molecule has 4 rings (SSSR count). The van der Waals surface area contributed by atoms with Gasteiger partial charge in [-0.05, 0) is 88.1 Å². The van der Waals surface area contributed by atoms with Gasteiger partial charge in [-0.1, -0.05) is 65.9 Å². The molecule has 2 amide bonds. The lowest BCUT2D eigenvalue weighted by Gasteiger charge is -2.33. The minimum Gasteiger partial charge on any atom is -0.352 e. The van der Waals surface area contributed by atoms with Crippen LogP contribution in [0.1, 0.15) is 54.9 Å². The summed E-state index contributed by atoms with van der Waals surface area (Å²) < 4.78 is 29.2. The van der Waals surface area contributed by atoms with Crippen LogP contribution >= 0.6 is 23.2 Å². The van der Waals surface area contributed by atoms with E-state index in [1.165, 1.54) is 17.0 Å². The van der Waals surface area contributed by atoms with Crippen molar-refractivity contribution in [2.45, 2.75) is 76.9 Å². The first-order valence-electron chi connectivity index (χ1n) is 14.1. The van der Waals surface area contributed by atoms with E-state index in [-0.39, 0.29) is 23.4 Å². The van der Waals surface area contributed by atoms with Crippen LogP contribution in [-0.4, -0.2) is 43.8 Å². The summed E-state index contributed by atoms with van der Waals surface area (Å²) >= 11 is 12.9. The summed E-state index contributed by atoms with van der Waals surface area (Å²) in [7, 11) is -4.15. The minimum absolute atomic E-state index is 0.0507. The molecule has 0 heterocycles. The first kappa shape index (κ1) is 31.9. The molecule has 1 aliphatic carbocycles. The summed E-state index contributed by atoms with van der Waals surface area (Å²) in [6.07, 6.45) is 3.86. The van der Waals surface area contributed by atoms with E-state index >= 15 is 0 Å². The smallest absolute Gasteiger partial charge is 0.264 e. The van der Waals surface area contributed by atoms with Gasteiger partial charge < -0.3 is 10.2 Å². The molecular formula is C32H37Cl2N3O4S. The van der Waals surface area contributed by atoms with E-state index in [0.29, 0.717) is 21.3 Å². The van der Waals surface area contributed by atoms with Crippen LogP contribution in [0.4, 0.5) is 5.69 Å². The Morgan fingerprint density at radius 3 is 2.14 bits per heavy atom. The molecule has 1 fully saturated rings. The number of carbonyl (C=O) groups excluding carboxylic acids is 2. The predicted molar refractivity (Wildman–Crippen MR) is 168 cm³/mol. The number of hydrogen-bond donors (Lipinski definition) is 1. The molecule has 1 aliphatic rings. The van der Waals surface area contributed by atoms with E-state index in [4.69, 9.17) is 23.2 Å². The molecule has 7 nitrogen and oxygen atoms in total. The fourth-order valence-electron chi connectivity index (χ4n) is 5.08. The van der Waals surface area contributed by atoms with Gasteiger partial charge in [-0.2, -0.15) is 0 Å². The number of sulfonamides is 1. The van der Waals surface area contributed by atoms with Crippen molar-refractivity contribution in [2.24, 2.45) is 0 Å². The van der Waals surface area contributed by atoms with E-state index < -0.39 is 28.5 Å². The Morgan fingerprint density at radius 2 is 1.55 bits per heavy atom. The topological polar surface area (TPSA) is 86.8 Å². The lowest BCUT2D eigenvalue weighted by molar-refractivity contribution is -0.139. The van der Waals surface area contributed by atoms with Crippen molar-refractivity contribution in [3.8, 4) is 0 Å². The van der Waals surface area contributed by atoms with E-state index in [1.54, 1.807) is 49.4 Å². The highest BCUT2D eigenvalue weighted by molar-refractivity contribution is 7.92. The maximum Gasteiger partial charge on any atom is 0.264 e. The zero-order chi connectivity index (χ0) is 30.6. The van der Waals surface area contributed by atoms with Crippen LogP contribution in [0.2, 0.25) is 10.0 Å². The highest BCUT2D eigenvalue weighted by Gasteiger charge is 2.34. The normalized spacial score (nSPS) is 14.4. The molecule has 0 radical (unpaired) electrons. The molecule has 3 aromatic rings. The van der Waals surface area contributed by atoms with Gasteiger partial charge in [0.05, 0.1) is 10.6 Å². The third-order valence-electron chi connectivity index (χ3n) is 7.93. The van der Waals surface area contributed by atoms with Crippen molar-refractivity contribution in [3.05, 3.63) is 93.0 Å². The van der Waals surface area contributed by atoms with Crippen molar-refractivity contribution in [1.29, 1.82) is 0 Å². The third kappa shape index (κ3) is 7.28. The molecule has 1 atom stereocenters. The fraction of sp³-hybridized carbons (Fsp3) is 0.375. The summed E-state index contributed by atoms with van der Waals surface area (Å²) in [4.78, 5) is 29.0. The monoisotopic (exact) mass is 629 g/mol. The number of rotatable bonds is 10. The summed E-state index contributed by atoms with van der Waals surface area (Å²) in [5.41, 5.74) is 3.62. The van der Waals surface area contributed by atoms with Gasteiger partial charge in [0.2, 0.25) is 11.8 Å². The van der Waals surface area contributed by atoms with Gasteiger partial charge in [0.1, 0.15) is 12.6 Å². The van der Waals surface area contributed by atoms with Gasteiger partial charge >= 0.3 is 0 Å². The summed E-state index contributed by atoms with van der Waals surface area (Å²) in [6.45, 7) is 6.74. The molecule has 1 saturated carbocycles. The van der Waals surface area contributed by atoms with Crippen LogP contribution in [0.25, 0.3) is 0 Å². The van der Waals surface area contributed by atoms with Gasteiger partial charge in [-0.3, -0.25) is 13.9 Å². The zero-order valence-electron chi connectivity index (χ0n) is 24.4. The number of amides is 2. The van der Waals surface area contributed by atoms with Crippen LogP contribution in [0.15, 0.2) is 65.6 Å². The predicted octanol–water partition coefficient (Wildman–Crippen LogP) is 6.59. The minimum atomic E-state index is -4.15. The Labute approximate surface area is 258 Å². The highest BCUT2D eigenvalue weighted by atomic mass is 35.5. The Hall–Kier alpha value is -3.07. The number of anilines is 1. The maximum absolute atomic E-state index is 14.2. The van der Waals surface area contributed by atoms with Crippen molar-refractivity contribution >= 4 is 50.7 Å². The fourth-order valence-corrected chi connectivity index (χ4v) is 7.00. The van der Waals surface area contributed by atoms with E-state index in [1.807, 2.05) is 26.8 Å². The van der Waals surface area contributed by atoms with Crippen molar-refractivity contribution < 1.29 is 18.0 Å². The van der Waals surface area contributed by atoms with Crippen LogP contribution in [0.3, 0.4) is 0 Å². The Bertz CT molecular complexity index is 1530. The SMILES string of the molecule is Cc1ccc(S(=O)(=O)N(CC(=O)N(Cc2c(Cl)cccc2Cl)[C@@H](C)C(=O)NC2CCCC2)c2ccc(C)c(C)c2)cc1. The molecule has 1 N–H and O–H groups in total. The number of carbonyl (C=O) groups is 2. The summed E-state index contributed by atoms with van der Waals surface area (Å²) in [5.74, 6) is -0.869. The number of halogens is 2. The quantitative estimate of drug-likeness (QED) is 0.274. The number of aryl methyl sites for hydroxylation is 3. The molecule has 10 heteroatoms. The maximum atomic E-state index is 14.2. The first-order chi connectivity index (χ1) is 19.9. The first-order valence-corrected chi connectivity index (χ1v) is 16.3. The number of nitrogens with one attached hydrogen (secondary N) is 1. The molecule has 0 aliphatic heterocycles. The molecule has 224 valence electrons. The highest BCUT2D eigenvalue weighted by Crippen LogP contribution is 2.29. The molecule has 0 saturated heterocycles. The molecule has 42 heavy (non-hydrogen) atoms. The lowest BCUT2D eigenvalue weighted by atomic mass is 10.1. The Morgan fingerprint density at radius 1 is 0.929 bits per heavy atom. The molecule has 3 aromatic carbocycles. The third-order valence-corrected chi connectivity index (χ3v) is 10.4. The average molecular weight is 631 g/mol. The van der Waals surface area contributed by atoms with Crippen molar-refractivity contribution in [3.63, 3.8) is 0 Å². The second kappa shape index (κ2) is 13.5. The van der Waals surface area contributed by atoms with E-state index in [2.05, 4.69) is 5.32 Å². The number of hydrogen-bond acceptors (Lipinski definition) is 4. The van der Waals surface area contributed by atoms with Crippen LogP contribution < -0.4 is 9.62 Å². The van der Waals surface area contributed by atoms with Crippen LogP contribution in [0.5, 0.6) is 0 Å². The zero-order valence-corrected chi connectivity index (χ0v) is 26.7. The second-order valence-corrected chi connectivity index (χ2v) is 13.7. The molecular weight excluding hydrogens is 593 g/mol. The second-order valence-electron chi connectivity index (χ2n) is 11.0. The van der Waals surface area contributed by atoms with Gasteiger partial charge in [0.25, 0.3) is 10.0 Å².